The second-order valence-corrected chi connectivity index (χ2v) is 4.58. The lowest BCUT2D eigenvalue weighted by Crippen LogP contribution is -1.94. The molecule has 0 aliphatic carbocycles. The molecule has 0 spiro atoms. The number of rotatable bonds is 3. The van der Waals surface area contributed by atoms with Gasteiger partial charge in [0.15, 0.2) is 11.5 Å². The molecule has 0 unspecified atom stereocenters. The highest BCUT2D eigenvalue weighted by Crippen LogP contribution is 2.29. The zero-order valence-corrected chi connectivity index (χ0v) is 10.4. The van der Waals surface area contributed by atoms with Crippen LogP contribution in [0.1, 0.15) is 10.5 Å². The van der Waals surface area contributed by atoms with Crippen molar-refractivity contribution in [3.05, 3.63) is 35.0 Å². The summed E-state index contributed by atoms with van der Waals surface area (Å²) < 4.78 is 4.97. The number of carbonyl (C=O) groups is 1. The maximum atomic E-state index is 10.7. The van der Waals surface area contributed by atoms with Gasteiger partial charge in [-0.15, -0.1) is 11.8 Å². The van der Waals surface area contributed by atoms with Crippen LogP contribution >= 0.6 is 23.4 Å². The van der Waals surface area contributed by atoms with E-state index in [1.54, 1.807) is 17.8 Å². The van der Waals surface area contributed by atoms with Gasteiger partial charge in [-0.2, -0.15) is 0 Å². The number of aromatic nitrogens is 1. The lowest BCUT2D eigenvalue weighted by molar-refractivity contribution is 0.0686. The molecule has 0 aliphatic rings. The highest BCUT2D eigenvalue weighted by molar-refractivity contribution is 7.98. The first-order chi connectivity index (χ1) is 8.10. The van der Waals surface area contributed by atoms with E-state index in [2.05, 4.69) is 5.16 Å². The molecule has 0 amide bonds. The highest BCUT2D eigenvalue weighted by Gasteiger charge is 2.13. The molecule has 88 valence electrons. The van der Waals surface area contributed by atoms with Gasteiger partial charge in [-0.3, -0.25) is 0 Å². The zero-order valence-electron chi connectivity index (χ0n) is 8.81. The summed E-state index contributed by atoms with van der Waals surface area (Å²) in [4.78, 5) is 11.7. The molecule has 2 rings (SSSR count). The van der Waals surface area contributed by atoms with Crippen LogP contribution in [0.5, 0.6) is 0 Å². The van der Waals surface area contributed by atoms with Gasteiger partial charge < -0.3 is 9.63 Å². The average molecular weight is 270 g/mol. The predicted octanol–water partition coefficient (Wildman–Crippen LogP) is 3.42. The van der Waals surface area contributed by atoms with Crippen molar-refractivity contribution in [2.75, 3.05) is 6.26 Å². The molecule has 0 fully saturated rings. The molecule has 1 heterocycles. The maximum absolute atomic E-state index is 10.7. The third-order valence-corrected chi connectivity index (χ3v) is 3.05. The van der Waals surface area contributed by atoms with Crippen LogP contribution in [0.25, 0.3) is 11.3 Å². The fourth-order valence-electron chi connectivity index (χ4n) is 1.33. The number of hydrogen-bond acceptors (Lipinski definition) is 4. The van der Waals surface area contributed by atoms with Gasteiger partial charge in [-0.1, -0.05) is 16.8 Å². The van der Waals surface area contributed by atoms with Crippen molar-refractivity contribution in [2.24, 2.45) is 0 Å². The van der Waals surface area contributed by atoms with Gasteiger partial charge in [-0.05, 0) is 24.5 Å². The molecule has 0 atom stereocenters. The molecular formula is C11H8ClNO3S. The normalized spacial score (nSPS) is 10.5. The maximum Gasteiger partial charge on any atom is 0.358 e. The van der Waals surface area contributed by atoms with Crippen LogP contribution in [0.2, 0.25) is 5.02 Å². The quantitative estimate of drug-likeness (QED) is 0.865. The summed E-state index contributed by atoms with van der Waals surface area (Å²) in [6.07, 6.45) is 1.93. The van der Waals surface area contributed by atoms with E-state index in [0.717, 1.165) is 4.90 Å². The molecule has 6 heteroatoms. The lowest BCUT2D eigenvalue weighted by Gasteiger charge is -2.01. The molecule has 2 aromatic rings. The Morgan fingerprint density at radius 2 is 2.18 bits per heavy atom. The van der Waals surface area contributed by atoms with E-state index in [0.29, 0.717) is 16.3 Å². The number of aromatic carboxylic acids is 1. The molecule has 1 N–H and O–H groups in total. The second kappa shape index (κ2) is 4.81. The van der Waals surface area contributed by atoms with E-state index in [4.69, 9.17) is 21.2 Å². The van der Waals surface area contributed by atoms with Crippen molar-refractivity contribution >= 4 is 29.3 Å². The minimum atomic E-state index is -1.12. The fraction of sp³-hybridized carbons (Fsp3) is 0.0909. The van der Waals surface area contributed by atoms with E-state index in [1.165, 1.54) is 6.07 Å². The number of nitrogens with zero attached hydrogens (tertiary/aromatic N) is 1. The largest absolute Gasteiger partial charge is 0.476 e. The summed E-state index contributed by atoms with van der Waals surface area (Å²) in [6, 6.07) is 6.76. The third-order valence-electron chi connectivity index (χ3n) is 2.12. The number of hydrogen-bond donors (Lipinski definition) is 1. The van der Waals surface area contributed by atoms with Crippen molar-refractivity contribution in [2.45, 2.75) is 4.90 Å². The van der Waals surface area contributed by atoms with Gasteiger partial charge in [-0.25, -0.2) is 4.79 Å². The lowest BCUT2D eigenvalue weighted by atomic mass is 10.1. The highest BCUT2D eigenvalue weighted by atomic mass is 35.5. The summed E-state index contributed by atoms with van der Waals surface area (Å²) in [7, 11) is 0. The molecule has 0 radical (unpaired) electrons. The monoisotopic (exact) mass is 269 g/mol. The van der Waals surface area contributed by atoms with Crippen LogP contribution in [-0.4, -0.2) is 22.5 Å². The van der Waals surface area contributed by atoms with Crippen LogP contribution in [0.4, 0.5) is 0 Å². The first-order valence-electron chi connectivity index (χ1n) is 4.65. The summed E-state index contributed by atoms with van der Waals surface area (Å²) in [5.41, 5.74) is 0.590. The summed E-state index contributed by atoms with van der Waals surface area (Å²) >= 11 is 7.50. The Morgan fingerprint density at radius 1 is 1.41 bits per heavy atom. The Bertz CT molecular complexity index is 568. The van der Waals surface area contributed by atoms with E-state index in [9.17, 15) is 4.79 Å². The summed E-state index contributed by atoms with van der Waals surface area (Å²) in [5, 5.41) is 12.8. The van der Waals surface area contributed by atoms with Crippen LogP contribution in [0.15, 0.2) is 33.7 Å². The van der Waals surface area contributed by atoms with Gasteiger partial charge in [0, 0.05) is 21.5 Å². The Labute approximate surface area is 107 Å². The Morgan fingerprint density at radius 3 is 2.76 bits per heavy atom. The van der Waals surface area contributed by atoms with Gasteiger partial charge in [0.25, 0.3) is 0 Å². The first kappa shape index (κ1) is 12.0. The molecule has 4 nitrogen and oxygen atoms in total. The minimum Gasteiger partial charge on any atom is -0.476 e. The molecule has 1 aromatic carbocycles. The minimum absolute atomic E-state index is 0.120. The third kappa shape index (κ3) is 2.62. The smallest absolute Gasteiger partial charge is 0.358 e. The van der Waals surface area contributed by atoms with Gasteiger partial charge in [0.05, 0.1) is 0 Å². The number of benzene rings is 1. The van der Waals surface area contributed by atoms with E-state index in [1.807, 2.05) is 18.4 Å². The second-order valence-electron chi connectivity index (χ2n) is 3.26. The molecule has 0 saturated carbocycles. The van der Waals surface area contributed by atoms with Gasteiger partial charge in [0.1, 0.15) is 0 Å². The van der Waals surface area contributed by atoms with Crippen LogP contribution in [0, 0.1) is 0 Å². The molecule has 0 saturated heterocycles. The Hall–Kier alpha value is -1.46. The number of carboxylic acids is 1. The van der Waals surface area contributed by atoms with Crippen molar-refractivity contribution in [3.63, 3.8) is 0 Å². The molecule has 1 aromatic heterocycles. The van der Waals surface area contributed by atoms with Gasteiger partial charge in [0.2, 0.25) is 0 Å². The van der Waals surface area contributed by atoms with Crippen molar-refractivity contribution in [3.8, 4) is 11.3 Å². The van der Waals surface area contributed by atoms with Crippen LogP contribution in [0.3, 0.4) is 0 Å². The number of halogens is 1. The summed E-state index contributed by atoms with van der Waals surface area (Å²) in [6.45, 7) is 0. The molecule has 17 heavy (non-hydrogen) atoms. The molecule has 0 bridgehead atoms. The van der Waals surface area contributed by atoms with Crippen molar-refractivity contribution in [1.29, 1.82) is 0 Å². The average Bonchev–Trinajstić information content (AvgIpc) is 2.77. The topological polar surface area (TPSA) is 63.3 Å². The van der Waals surface area contributed by atoms with E-state index < -0.39 is 5.97 Å². The summed E-state index contributed by atoms with van der Waals surface area (Å²) in [5.74, 6) is -0.729. The first-order valence-corrected chi connectivity index (χ1v) is 6.25. The van der Waals surface area contributed by atoms with E-state index >= 15 is 0 Å². The van der Waals surface area contributed by atoms with Crippen LogP contribution in [-0.2, 0) is 0 Å². The van der Waals surface area contributed by atoms with Gasteiger partial charge >= 0.3 is 5.97 Å². The Kier molecular flexibility index (Phi) is 3.40. The number of thioether (sulfide) groups is 1. The Balaban J connectivity index is 2.44. The number of carboxylic acid groups (broad SMARTS) is 1. The fourth-order valence-corrected chi connectivity index (χ4v) is 2.12. The molecule has 0 aliphatic heterocycles. The molecular weight excluding hydrogens is 262 g/mol. The van der Waals surface area contributed by atoms with Crippen LogP contribution < -0.4 is 0 Å². The zero-order chi connectivity index (χ0) is 12.4. The predicted molar refractivity (Wildman–Crippen MR) is 65.7 cm³/mol. The van der Waals surface area contributed by atoms with E-state index in [-0.39, 0.29) is 5.69 Å². The standard InChI is InChI=1S/C11H8ClNO3S/c1-17-8-3-6(2-7(12)4-8)10-5-9(11(14)15)13-16-10/h2-5H,1H3,(H,14,15). The van der Waals surface area contributed by atoms with Crippen molar-refractivity contribution < 1.29 is 14.4 Å². The van der Waals surface area contributed by atoms with Crippen molar-refractivity contribution in [1.82, 2.24) is 5.16 Å². The SMILES string of the molecule is CSc1cc(Cl)cc(-c2cc(C(=O)O)no2)c1.